The van der Waals surface area contributed by atoms with Crippen LogP contribution in [0.2, 0.25) is 0 Å². The lowest BCUT2D eigenvalue weighted by Gasteiger charge is -2.15. The van der Waals surface area contributed by atoms with Gasteiger partial charge in [-0.25, -0.2) is 0 Å². The molecule has 0 aliphatic rings. The second-order valence-corrected chi connectivity index (χ2v) is 7.67. The molecular weight excluding hydrogens is 443 g/mol. The molecule has 1 aromatic heterocycles. The summed E-state index contributed by atoms with van der Waals surface area (Å²) in [5.41, 5.74) is -2.22. The molecular formula is C19H18F3NO7S. The van der Waals surface area contributed by atoms with Crippen LogP contribution in [0, 0.1) is 0 Å². The van der Waals surface area contributed by atoms with E-state index in [1.807, 2.05) is 0 Å². The van der Waals surface area contributed by atoms with Gasteiger partial charge in [0.2, 0.25) is 5.43 Å². The van der Waals surface area contributed by atoms with Crippen LogP contribution in [0.4, 0.5) is 13.2 Å². The molecule has 12 heteroatoms. The molecule has 0 radical (unpaired) electrons. The number of alkyl halides is 3. The highest BCUT2D eigenvalue weighted by molar-refractivity contribution is 7.85. The van der Waals surface area contributed by atoms with Gasteiger partial charge in [-0.15, -0.1) is 0 Å². The first kappa shape index (κ1) is 24.0. The van der Waals surface area contributed by atoms with Gasteiger partial charge in [-0.2, -0.15) is 21.6 Å². The van der Waals surface area contributed by atoms with Crippen LogP contribution in [0.1, 0.15) is 5.56 Å². The summed E-state index contributed by atoms with van der Waals surface area (Å²) in [4.78, 5) is 15.2. The van der Waals surface area contributed by atoms with Gasteiger partial charge < -0.3 is 19.6 Å². The lowest BCUT2D eigenvalue weighted by Crippen LogP contribution is -2.10. The van der Waals surface area contributed by atoms with Crippen LogP contribution < -0.4 is 14.9 Å². The lowest BCUT2D eigenvalue weighted by atomic mass is 10.0. The molecule has 0 fully saturated rings. The van der Waals surface area contributed by atoms with Crippen molar-refractivity contribution in [2.45, 2.75) is 6.18 Å². The van der Waals surface area contributed by atoms with E-state index in [9.17, 15) is 31.5 Å². The summed E-state index contributed by atoms with van der Waals surface area (Å²) in [6.07, 6.45) is -3.93. The summed E-state index contributed by atoms with van der Waals surface area (Å²) < 4.78 is 76.0. The zero-order chi connectivity index (χ0) is 23.6. The van der Waals surface area contributed by atoms with Gasteiger partial charge in [0.05, 0.1) is 42.6 Å². The zero-order valence-corrected chi connectivity index (χ0v) is 17.3. The van der Waals surface area contributed by atoms with Gasteiger partial charge in [-0.3, -0.25) is 9.35 Å². The number of aromatic hydroxyl groups is 1. The van der Waals surface area contributed by atoms with Gasteiger partial charge in [0.25, 0.3) is 10.1 Å². The van der Waals surface area contributed by atoms with Gasteiger partial charge in [0, 0.05) is 11.6 Å². The summed E-state index contributed by atoms with van der Waals surface area (Å²) in [7, 11) is -0.895. The first-order valence-electron chi connectivity index (χ1n) is 8.38. The molecule has 0 aliphatic heterocycles. The van der Waals surface area contributed by atoms with Crippen LogP contribution in [0.15, 0.2) is 41.2 Å². The number of rotatable bonds is 3. The molecule has 0 saturated heterocycles. The van der Waals surface area contributed by atoms with Gasteiger partial charge >= 0.3 is 6.18 Å². The minimum absolute atomic E-state index is 0.0633. The molecule has 8 nitrogen and oxygen atoms in total. The number of benzene rings is 2. The van der Waals surface area contributed by atoms with E-state index in [2.05, 4.69) is 4.98 Å². The van der Waals surface area contributed by atoms with Crippen molar-refractivity contribution in [1.29, 1.82) is 0 Å². The van der Waals surface area contributed by atoms with Crippen LogP contribution in [-0.4, -0.2) is 43.5 Å². The van der Waals surface area contributed by atoms with Crippen molar-refractivity contribution in [3.05, 3.63) is 52.2 Å². The van der Waals surface area contributed by atoms with Crippen molar-refractivity contribution in [1.82, 2.24) is 4.98 Å². The largest absolute Gasteiger partial charge is 0.503 e. The molecule has 3 aromatic rings. The lowest BCUT2D eigenvalue weighted by molar-refractivity contribution is -0.137. The standard InChI is InChI=1S/C18H14F3NO4.CH4O3S/c1-25-13-7-10-12(8-14(13)26-2)22-15(17(24)16(10)23)9-5-3-4-6-11(9)18(19,20)21;1-5(2,3)4/h3-8,24H,1-2H3,(H,22,23);1H3,(H,2,3,4). The third kappa shape index (κ3) is 5.67. The Bertz CT molecular complexity index is 1260. The van der Waals surface area contributed by atoms with Crippen LogP contribution in [0.3, 0.4) is 0 Å². The van der Waals surface area contributed by atoms with Gasteiger partial charge in [0.15, 0.2) is 17.2 Å². The normalized spacial score (nSPS) is 11.6. The molecule has 0 spiro atoms. The zero-order valence-electron chi connectivity index (χ0n) is 16.4. The van der Waals surface area contributed by atoms with E-state index in [-0.39, 0.29) is 33.7 Å². The molecule has 3 N–H and O–H groups in total. The average Bonchev–Trinajstić information content (AvgIpc) is 2.67. The number of hydrogen-bond acceptors (Lipinski definition) is 6. The predicted molar refractivity (Wildman–Crippen MR) is 107 cm³/mol. The quantitative estimate of drug-likeness (QED) is 0.510. The van der Waals surface area contributed by atoms with E-state index in [1.165, 1.54) is 44.6 Å². The van der Waals surface area contributed by atoms with Crippen molar-refractivity contribution in [2.24, 2.45) is 0 Å². The van der Waals surface area contributed by atoms with Crippen LogP contribution in [-0.2, 0) is 16.3 Å². The molecule has 2 aromatic carbocycles. The fraction of sp³-hybridized carbons (Fsp3) is 0.211. The van der Waals surface area contributed by atoms with E-state index >= 15 is 0 Å². The number of aromatic nitrogens is 1. The Morgan fingerprint density at radius 1 is 1.03 bits per heavy atom. The van der Waals surface area contributed by atoms with Crippen molar-refractivity contribution >= 4 is 21.0 Å². The number of methoxy groups -OCH3 is 2. The highest BCUT2D eigenvalue weighted by Gasteiger charge is 2.34. The summed E-state index contributed by atoms with van der Waals surface area (Å²) in [6, 6.07) is 7.46. The third-order valence-electron chi connectivity index (χ3n) is 3.98. The molecule has 0 aliphatic carbocycles. The van der Waals surface area contributed by atoms with E-state index in [0.717, 1.165) is 6.07 Å². The number of halogens is 3. The Labute approximate surface area is 174 Å². The molecule has 0 saturated carbocycles. The number of aromatic amines is 1. The topological polar surface area (TPSA) is 126 Å². The molecule has 168 valence electrons. The number of pyridine rings is 1. The number of H-pyrrole nitrogens is 1. The number of hydrogen-bond donors (Lipinski definition) is 3. The third-order valence-corrected chi connectivity index (χ3v) is 3.98. The van der Waals surface area contributed by atoms with Gasteiger partial charge in [-0.1, -0.05) is 18.2 Å². The SMILES string of the molecule is COc1cc2[nH]c(-c3ccccc3C(F)(F)F)c(O)c(=O)c2cc1OC.CS(=O)(=O)O. The number of nitrogens with one attached hydrogen (secondary N) is 1. The molecule has 0 bridgehead atoms. The van der Waals surface area contributed by atoms with Gasteiger partial charge in [-0.05, 0) is 12.1 Å². The van der Waals surface area contributed by atoms with Gasteiger partial charge in [0.1, 0.15) is 0 Å². The van der Waals surface area contributed by atoms with Crippen LogP contribution in [0.25, 0.3) is 22.2 Å². The molecule has 3 rings (SSSR count). The Hall–Kier alpha value is -3.25. The monoisotopic (exact) mass is 461 g/mol. The first-order chi connectivity index (χ1) is 14.3. The number of fused-ring (bicyclic) bond motifs is 1. The maximum Gasteiger partial charge on any atom is 0.417 e. The molecule has 31 heavy (non-hydrogen) atoms. The van der Waals surface area contributed by atoms with Crippen molar-refractivity contribution < 1.29 is 40.7 Å². The second kappa shape index (κ2) is 8.86. The fourth-order valence-corrected chi connectivity index (χ4v) is 2.75. The van der Waals surface area contributed by atoms with E-state index in [0.29, 0.717) is 6.26 Å². The van der Waals surface area contributed by atoms with E-state index in [1.54, 1.807) is 0 Å². The average molecular weight is 461 g/mol. The summed E-state index contributed by atoms with van der Waals surface area (Å²) >= 11 is 0. The maximum atomic E-state index is 13.3. The molecule has 0 atom stereocenters. The Kier molecular flexibility index (Phi) is 6.86. The highest BCUT2D eigenvalue weighted by atomic mass is 32.2. The Morgan fingerprint density at radius 3 is 2.06 bits per heavy atom. The van der Waals surface area contributed by atoms with Crippen LogP contribution in [0.5, 0.6) is 17.2 Å². The van der Waals surface area contributed by atoms with Crippen molar-refractivity contribution in [3.8, 4) is 28.5 Å². The highest BCUT2D eigenvalue weighted by Crippen LogP contribution is 2.39. The number of ether oxygens (including phenoxy) is 2. The van der Waals surface area contributed by atoms with E-state index in [4.69, 9.17) is 14.0 Å². The predicted octanol–water partition coefficient (Wildman–Crippen LogP) is 3.44. The van der Waals surface area contributed by atoms with Crippen LogP contribution >= 0.6 is 0 Å². The molecule has 1 heterocycles. The van der Waals surface area contributed by atoms with E-state index < -0.39 is 33.0 Å². The minimum Gasteiger partial charge on any atom is -0.503 e. The summed E-state index contributed by atoms with van der Waals surface area (Å²) in [5.74, 6) is -0.258. The molecule has 0 unspecified atom stereocenters. The first-order valence-corrected chi connectivity index (χ1v) is 10.2. The Morgan fingerprint density at radius 2 is 1.55 bits per heavy atom. The molecule has 0 amide bonds. The summed E-state index contributed by atoms with van der Waals surface area (Å²) in [5, 5.41) is 10.3. The minimum atomic E-state index is -4.65. The Balaban J connectivity index is 0.000000614. The second-order valence-electron chi connectivity index (χ2n) is 6.21. The van der Waals surface area contributed by atoms with Crippen molar-refractivity contribution in [3.63, 3.8) is 0 Å². The smallest absolute Gasteiger partial charge is 0.417 e. The maximum absolute atomic E-state index is 13.3. The van der Waals surface area contributed by atoms with Crippen molar-refractivity contribution in [2.75, 3.05) is 20.5 Å². The fourth-order valence-electron chi connectivity index (χ4n) is 2.75. The summed E-state index contributed by atoms with van der Waals surface area (Å²) in [6.45, 7) is 0.